The number of benzene rings is 5. The number of nitrogens with zero attached hydrogens (tertiary/aromatic N) is 1. The van der Waals surface area contributed by atoms with Gasteiger partial charge in [0.2, 0.25) is 17.2 Å². The van der Waals surface area contributed by atoms with Gasteiger partial charge < -0.3 is 9.64 Å². The highest BCUT2D eigenvalue weighted by atomic mass is 16.6. The lowest BCUT2D eigenvalue weighted by atomic mass is 9.76. The highest BCUT2D eigenvalue weighted by Crippen LogP contribution is 2.53. The highest BCUT2D eigenvalue weighted by molar-refractivity contribution is 6.24. The Morgan fingerprint density at radius 3 is 1.36 bits per heavy atom. The minimum atomic E-state index is -1.86. The van der Waals surface area contributed by atoms with Gasteiger partial charge in [-0.3, -0.25) is 9.59 Å². The summed E-state index contributed by atoms with van der Waals surface area (Å²) in [5.74, 6) is -0.740. The summed E-state index contributed by atoms with van der Waals surface area (Å²) in [4.78, 5) is 31.6. The van der Waals surface area contributed by atoms with Crippen LogP contribution in [0.2, 0.25) is 0 Å². The first-order valence-corrected chi connectivity index (χ1v) is 13.0. The van der Waals surface area contributed by atoms with E-state index in [1.807, 2.05) is 127 Å². The standard InChI is InChI=1S/C35H27NO3/c37-32(27-18-8-2-9-19-27)35(33(38)28-20-10-3-11-21-28)31(26-16-6-1-7-17-26)36(30-24-14-5-15-25-30)34(39-35)29-22-12-4-13-23-29/h1-25,31,34H/t31-,34+/m0/s1. The van der Waals surface area contributed by atoms with E-state index >= 15 is 0 Å². The van der Waals surface area contributed by atoms with E-state index in [0.717, 1.165) is 16.8 Å². The number of para-hydroxylation sites is 1. The van der Waals surface area contributed by atoms with Gasteiger partial charge in [-0.1, -0.05) is 140 Å². The number of ether oxygens (including phenoxy) is 1. The van der Waals surface area contributed by atoms with E-state index in [0.29, 0.717) is 11.1 Å². The summed E-state index contributed by atoms with van der Waals surface area (Å²) in [5, 5.41) is 0. The number of carbonyl (C=O) groups is 2. The normalized spacial score (nSPS) is 18.0. The van der Waals surface area contributed by atoms with Crippen molar-refractivity contribution in [3.05, 3.63) is 174 Å². The van der Waals surface area contributed by atoms with Gasteiger partial charge in [-0.2, -0.15) is 0 Å². The van der Waals surface area contributed by atoms with Crippen LogP contribution in [0.4, 0.5) is 5.69 Å². The van der Waals surface area contributed by atoms with Crippen molar-refractivity contribution in [3.63, 3.8) is 0 Å². The summed E-state index contributed by atoms with van der Waals surface area (Å²) in [6.07, 6.45) is -0.695. The Labute approximate surface area is 228 Å². The largest absolute Gasteiger partial charge is 0.331 e. The monoisotopic (exact) mass is 509 g/mol. The minimum absolute atomic E-state index is 0.370. The minimum Gasteiger partial charge on any atom is -0.331 e. The number of hydrogen-bond donors (Lipinski definition) is 0. The second-order valence-electron chi connectivity index (χ2n) is 9.56. The molecule has 0 amide bonds. The quantitative estimate of drug-likeness (QED) is 0.169. The summed E-state index contributed by atoms with van der Waals surface area (Å²) in [7, 11) is 0. The van der Waals surface area contributed by atoms with Crippen molar-refractivity contribution in [1.82, 2.24) is 0 Å². The number of anilines is 1. The van der Waals surface area contributed by atoms with Crippen LogP contribution in [0.5, 0.6) is 0 Å². The van der Waals surface area contributed by atoms with Gasteiger partial charge in [0, 0.05) is 22.4 Å². The Bertz CT molecular complexity index is 1500. The third-order valence-corrected chi connectivity index (χ3v) is 7.21. The molecule has 0 N–H and O–H groups in total. The van der Waals surface area contributed by atoms with Crippen molar-refractivity contribution in [2.75, 3.05) is 4.90 Å². The summed E-state index contributed by atoms with van der Waals surface area (Å²) in [6.45, 7) is 0. The first-order valence-electron chi connectivity index (χ1n) is 13.0. The molecule has 0 radical (unpaired) electrons. The van der Waals surface area contributed by atoms with Crippen LogP contribution < -0.4 is 4.90 Å². The van der Waals surface area contributed by atoms with E-state index in [1.54, 1.807) is 24.3 Å². The molecular formula is C35H27NO3. The average Bonchev–Trinajstić information content (AvgIpc) is 3.40. The van der Waals surface area contributed by atoms with Gasteiger partial charge in [-0.25, -0.2) is 0 Å². The summed E-state index contributed by atoms with van der Waals surface area (Å²) in [5.41, 5.74) is 1.50. The molecule has 0 unspecified atom stereocenters. The number of Topliss-reactive ketones (excluding diaryl/α,β-unsaturated/α-hetero) is 2. The molecule has 1 aliphatic heterocycles. The Kier molecular flexibility index (Phi) is 6.62. The van der Waals surface area contributed by atoms with Gasteiger partial charge in [0.05, 0.1) is 0 Å². The smallest absolute Gasteiger partial charge is 0.220 e. The molecule has 0 bridgehead atoms. The third kappa shape index (κ3) is 4.35. The predicted octanol–water partition coefficient (Wildman–Crippen LogP) is 7.47. The third-order valence-electron chi connectivity index (χ3n) is 7.21. The number of carbonyl (C=O) groups excluding carboxylic acids is 2. The molecule has 39 heavy (non-hydrogen) atoms. The molecule has 2 atom stereocenters. The fourth-order valence-corrected chi connectivity index (χ4v) is 5.46. The molecule has 1 heterocycles. The second kappa shape index (κ2) is 10.5. The first-order chi connectivity index (χ1) is 19.2. The van der Waals surface area contributed by atoms with Crippen LogP contribution in [0.3, 0.4) is 0 Å². The van der Waals surface area contributed by atoms with Crippen molar-refractivity contribution in [3.8, 4) is 0 Å². The van der Waals surface area contributed by atoms with E-state index in [-0.39, 0.29) is 11.6 Å². The van der Waals surface area contributed by atoms with Gasteiger partial charge in [0.1, 0.15) is 6.04 Å². The summed E-state index contributed by atoms with van der Waals surface area (Å²) in [6, 6.07) is 46.5. The van der Waals surface area contributed by atoms with E-state index < -0.39 is 17.9 Å². The summed E-state index contributed by atoms with van der Waals surface area (Å²) < 4.78 is 6.93. The lowest BCUT2D eigenvalue weighted by Gasteiger charge is -2.35. The maximum absolute atomic E-state index is 14.7. The molecule has 190 valence electrons. The molecule has 0 spiro atoms. The van der Waals surface area contributed by atoms with Crippen LogP contribution in [-0.2, 0) is 4.74 Å². The van der Waals surface area contributed by atoms with Gasteiger partial charge in [-0.05, 0) is 17.7 Å². The molecule has 6 rings (SSSR count). The topological polar surface area (TPSA) is 46.6 Å². The van der Waals surface area contributed by atoms with Crippen LogP contribution in [0.25, 0.3) is 0 Å². The molecule has 1 aliphatic rings. The zero-order valence-electron chi connectivity index (χ0n) is 21.3. The molecule has 0 saturated carbocycles. The molecule has 1 fully saturated rings. The Morgan fingerprint density at radius 1 is 0.513 bits per heavy atom. The van der Waals surface area contributed by atoms with E-state index in [2.05, 4.69) is 4.90 Å². The lowest BCUT2D eigenvalue weighted by molar-refractivity contribution is -0.0168. The molecule has 5 aromatic carbocycles. The first kappa shape index (κ1) is 24.5. The van der Waals surface area contributed by atoms with Crippen LogP contribution in [0, 0.1) is 0 Å². The lowest BCUT2D eigenvalue weighted by Crippen LogP contribution is -2.52. The predicted molar refractivity (Wildman–Crippen MR) is 153 cm³/mol. The molecule has 0 aliphatic carbocycles. The van der Waals surface area contributed by atoms with Crippen LogP contribution in [0.15, 0.2) is 152 Å². The molecule has 1 saturated heterocycles. The van der Waals surface area contributed by atoms with Crippen molar-refractivity contribution in [1.29, 1.82) is 0 Å². The van der Waals surface area contributed by atoms with E-state index in [4.69, 9.17) is 4.74 Å². The SMILES string of the molecule is O=C(c1ccccc1)C1(C(=O)c2ccccc2)O[C@H](c2ccccc2)N(c2ccccc2)[C@H]1c1ccccc1. The Morgan fingerprint density at radius 2 is 0.897 bits per heavy atom. The number of rotatable bonds is 7. The van der Waals surface area contributed by atoms with Crippen molar-refractivity contribution >= 4 is 17.3 Å². The molecule has 4 nitrogen and oxygen atoms in total. The van der Waals surface area contributed by atoms with Crippen molar-refractivity contribution < 1.29 is 14.3 Å². The average molecular weight is 510 g/mol. The molecule has 5 aromatic rings. The molecular weight excluding hydrogens is 482 g/mol. The van der Waals surface area contributed by atoms with Gasteiger partial charge in [-0.15, -0.1) is 0 Å². The fraction of sp³-hybridized carbons (Fsp3) is 0.0857. The zero-order valence-corrected chi connectivity index (χ0v) is 21.3. The molecule has 0 aromatic heterocycles. The van der Waals surface area contributed by atoms with Crippen LogP contribution in [0.1, 0.15) is 44.1 Å². The number of hydrogen-bond acceptors (Lipinski definition) is 4. The van der Waals surface area contributed by atoms with Gasteiger partial charge in [0.25, 0.3) is 0 Å². The Hall–Kier alpha value is -4.80. The second-order valence-corrected chi connectivity index (χ2v) is 9.56. The maximum atomic E-state index is 14.7. The van der Waals surface area contributed by atoms with Gasteiger partial charge in [0.15, 0.2) is 6.23 Å². The van der Waals surface area contributed by atoms with Crippen LogP contribution >= 0.6 is 0 Å². The van der Waals surface area contributed by atoms with Crippen LogP contribution in [-0.4, -0.2) is 17.2 Å². The van der Waals surface area contributed by atoms with E-state index in [1.165, 1.54) is 0 Å². The summed E-state index contributed by atoms with van der Waals surface area (Å²) >= 11 is 0. The Balaban J connectivity index is 1.67. The highest BCUT2D eigenvalue weighted by Gasteiger charge is 2.63. The van der Waals surface area contributed by atoms with E-state index in [9.17, 15) is 9.59 Å². The fourth-order valence-electron chi connectivity index (χ4n) is 5.46. The van der Waals surface area contributed by atoms with Crippen molar-refractivity contribution in [2.45, 2.75) is 17.9 Å². The van der Waals surface area contributed by atoms with Crippen molar-refractivity contribution in [2.24, 2.45) is 0 Å². The maximum Gasteiger partial charge on any atom is 0.220 e. The zero-order chi connectivity index (χ0) is 26.7. The van der Waals surface area contributed by atoms with Gasteiger partial charge >= 0.3 is 0 Å². The number of ketones is 2. The molecule has 4 heteroatoms.